The van der Waals surface area contributed by atoms with Gasteiger partial charge in [0.2, 0.25) is 0 Å². The van der Waals surface area contributed by atoms with E-state index in [1.54, 1.807) is 12.5 Å². The lowest BCUT2D eigenvalue weighted by Crippen LogP contribution is -2.30. The molecular weight excluding hydrogens is 316 g/mol. The molecule has 0 unspecified atom stereocenters. The molecular formula is C14H14Cl2FN3O. The summed E-state index contributed by atoms with van der Waals surface area (Å²) in [6, 6.07) is 2.27. The standard InChI is InChI=1S/C14H14Cl2FN3O/c1-9(7-20-3-2-18-8-20)6-19-14(21)10-4-13(17)12(16)5-11(10)15/h2-5,8-9H,6-7H2,1H3,(H,19,21)/t9-/m1/s1. The van der Waals surface area contributed by atoms with E-state index in [0.717, 1.165) is 12.6 Å². The first-order valence-corrected chi connectivity index (χ1v) is 7.11. The van der Waals surface area contributed by atoms with Crippen LogP contribution < -0.4 is 5.32 Å². The van der Waals surface area contributed by atoms with Crippen molar-refractivity contribution in [3.05, 3.63) is 52.3 Å². The number of rotatable bonds is 5. The summed E-state index contributed by atoms with van der Waals surface area (Å²) in [6.07, 6.45) is 5.26. The second-order valence-corrected chi connectivity index (χ2v) is 5.64. The van der Waals surface area contributed by atoms with Crippen LogP contribution in [0.15, 0.2) is 30.9 Å². The van der Waals surface area contributed by atoms with E-state index in [1.807, 2.05) is 17.7 Å². The molecule has 1 amide bonds. The predicted molar refractivity (Wildman–Crippen MR) is 80.1 cm³/mol. The number of carbonyl (C=O) groups excluding carboxylic acids is 1. The van der Waals surface area contributed by atoms with E-state index in [1.165, 1.54) is 6.07 Å². The summed E-state index contributed by atoms with van der Waals surface area (Å²) in [4.78, 5) is 16.0. The molecule has 7 heteroatoms. The first-order chi connectivity index (χ1) is 9.97. The normalized spacial score (nSPS) is 12.2. The van der Waals surface area contributed by atoms with Gasteiger partial charge in [-0.25, -0.2) is 9.37 Å². The molecule has 2 aromatic rings. The number of aromatic nitrogens is 2. The number of benzene rings is 1. The van der Waals surface area contributed by atoms with Gasteiger partial charge >= 0.3 is 0 Å². The van der Waals surface area contributed by atoms with Crippen molar-refractivity contribution in [1.29, 1.82) is 0 Å². The van der Waals surface area contributed by atoms with Gasteiger partial charge in [0.1, 0.15) is 5.82 Å². The van der Waals surface area contributed by atoms with Crippen molar-refractivity contribution in [1.82, 2.24) is 14.9 Å². The monoisotopic (exact) mass is 329 g/mol. The zero-order valence-corrected chi connectivity index (χ0v) is 12.8. The highest BCUT2D eigenvalue weighted by Gasteiger charge is 2.15. The third-order valence-corrected chi connectivity index (χ3v) is 3.55. The molecule has 112 valence electrons. The topological polar surface area (TPSA) is 46.9 Å². The van der Waals surface area contributed by atoms with E-state index in [2.05, 4.69) is 10.3 Å². The highest BCUT2D eigenvalue weighted by molar-refractivity contribution is 6.36. The lowest BCUT2D eigenvalue weighted by molar-refractivity contribution is 0.0946. The molecule has 21 heavy (non-hydrogen) atoms. The van der Waals surface area contributed by atoms with Crippen LogP contribution in [-0.4, -0.2) is 22.0 Å². The van der Waals surface area contributed by atoms with Gasteiger partial charge in [-0.2, -0.15) is 0 Å². The number of hydrogen-bond donors (Lipinski definition) is 1. The molecule has 1 aromatic carbocycles. The summed E-state index contributed by atoms with van der Waals surface area (Å²) < 4.78 is 15.3. The molecule has 1 heterocycles. The Morgan fingerprint density at radius 3 is 2.86 bits per heavy atom. The summed E-state index contributed by atoms with van der Waals surface area (Å²) in [5.74, 6) is -0.898. The summed E-state index contributed by atoms with van der Waals surface area (Å²) in [5, 5.41) is 2.75. The fourth-order valence-electron chi connectivity index (χ4n) is 1.88. The summed E-state index contributed by atoms with van der Waals surface area (Å²) in [6.45, 7) is 3.16. The van der Waals surface area contributed by atoms with E-state index < -0.39 is 11.7 Å². The minimum absolute atomic E-state index is 0.0772. The Hall–Kier alpha value is -1.59. The van der Waals surface area contributed by atoms with Crippen molar-refractivity contribution in [2.75, 3.05) is 6.54 Å². The van der Waals surface area contributed by atoms with Crippen LogP contribution in [0.5, 0.6) is 0 Å². The molecule has 0 saturated carbocycles. The summed E-state index contributed by atoms with van der Waals surface area (Å²) >= 11 is 11.5. The van der Waals surface area contributed by atoms with Crippen LogP contribution in [0.2, 0.25) is 10.0 Å². The van der Waals surface area contributed by atoms with Gasteiger partial charge in [0.05, 0.1) is 21.9 Å². The van der Waals surface area contributed by atoms with Gasteiger partial charge < -0.3 is 9.88 Å². The Morgan fingerprint density at radius 1 is 1.43 bits per heavy atom. The van der Waals surface area contributed by atoms with Gasteiger partial charge in [0.25, 0.3) is 5.91 Å². The van der Waals surface area contributed by atoms with Gasteiger partial charge in [-0.05, 0) is 18.1 Å². The van der Waals surface area contributed by atoms with E-state index in [9.17, 15) is 9.18 Å². The second kappa shape index (κ2) is 6.91. The first kappa shape index (κ1) is 15.8. The average molecular weight is 330 g/mol. The van der Waals surface area contributed by atoms with Crippen molar-refractivity contribution < 1.29 is 9.18 Å². The Kier molecular flexibility index (Phi) is 5.20. The predicted octanol–water partition coefficient (Wildman–Crippen LogP) is 3.40. The van der Waals surface area contributed by atoms with Gasteiger partial charge in [-0.15, -0.1) is 0 Å². The Bertz CT molecular complexity index is 631. The van der Waals surface area contributed by atoms with Gasteiger partial charge in [0, 0.05) is 25.5 Å². The zero-order chi connectivity index (χ0) is 15.4. The lowest BCUT2D eigenvalue weighted by atomic mass is 10.1. The number of nitrogens with one attached hydrogen (secondary N) is 1. The second-order valence-electron chi connectivity index (χ2n) is 4.82. The van der Waals surface area contributed by atoms with Crippen LogP contribution in [0.4, 0.5) is 4.39 Å². The molecule has 4 nitrogen and oxygen atoms in total. The molecule has 0 bridgehead atoms. The van der Waals surface area contributed by atoms with Crippen molar-refractivity contribution in [2.45, 2.75) is 13.5 Å². The average Bonchev–Trinajstić information content (AvgIpc) is 2.93. The van der Waals surface area contributed by atoms with E-state index in [4.69, 9.17) is 23.2 Å². The fraction of sp³-hybridized carbons (Fsp3) is 0.286. The van der Waals surface area contributed by atoms with Crippen molar-refractivity contribution in [2.24, 2.45) is 5.92 Å². The summed E-state index contributed by atoms with van der Waals surface area (Å²) in [7, 11) is 0. The van der Waals surface area contributed by atoms with E-state index in [0.29, 0.717) is 6.54 Å². The summed E-state index contributed by atoms with van der Waals surface area (Å²) in [5.41, 5.74) is 0.0772. The molecule has 0 fully saturated rings. The molecule has 0 aliphatic rings. The molecule has 1 aromatic heterocycles. The number of nitrogens with zero attached hydrogens (tertiary/aromatic N) is 2. The van der Waals surface area contributed by atoms with Crippen LogP contribution in [0, 0.1) is 11.7 Å². The number of amides is 1. The van der Waals surface area contributed by atoms with Crippen molar-refractivity contribution in [3.63, 3.8) is 0 Å². The molecule has 0 spiro atoms. The Balaban J connectivity index is 1.94. The van der Waals surface area contributed by atoms with E-state index >= 15 is 0 Å². The minimum Gasteiger partial charge on any atom is -0.352 e. The fourth-order valence-corrected chi connectivity index (χ4v) is 2.35. The maximum Gasteiger partial charge on any atom is 0.252 e. The molecule has 0 saturated heterocycles. The third kappa shape index (κ3) is 4.19. The van der Waals surface area contributed by atoms with Crippen molar-refractivity contribution >= 4 is 29.1 Å². The maximum atomic E-state index is 13.4. The molecule has 1 atom stereocenters. The lowest BCUT2D eigenvalue weighted by Gasteiger charge is -2.14. The highest BCUT2D eigenvalue weighted by Crippen LogP contribution is 2.24. The molecule has 0 aliphatic heterocycles. The van der Waals surface area contributed by atoms with Crippen LogP contribution >= 0.6 is 23.2 Å². The smallest absolute Gasteiger partial charge is 0.252 e. The van der Waals surface area contributed by atoms with Crippen LogP contribution in [-0.2, 0) is 6.54 Å². The van der Waals surface area contributed by atoms with Crippen LogP contribution in [0.3, 0.4) is 0 Å². The Labute approximate surface area is 131 Å². The van der Waals surface area contributed by atoms with Gasteiger partial charge in [-0.3, -0.25) is 4.79 Å². The zero-order valence-electron chi connectivity index (χ0n) is 11.3. The largest absolute Gasteiger partial charge is 0.352 e. The molecule has 2 rings (SSSR count). The highest BCUT2D eigenvalue weighted by atomic mass is 35.5. The Morgan fingerprint density at radius 2 is 2.19 bits per heavy atom. The van der Waals surface area contributed by atoms with Gasteiger partial charge in [0.15, 0.2) is 0 Å². The number of carbonyl (C=O) groups is 1. The van der Waals surface area contributed by atoms with E-state index in [-0.39, 0.29) is 21.5 Å². The minimum atomic E-state index is -0.669. The first-order valence-electron chi connectivity index (χ1n) is 6.36. The van der Waals surface area contributed by atoms with Gasteiger partial charge in [-0.1, -0.05) is 30.1 Å². The molecule has 1 N–H and O–H groups in total. The van der Waals surface area contributed by atoms with Crippen LogP contribution in [0.1, 0.15) is 17.3 Å². The SMILES string of the molecule is C[C@H](CNC(=O)c1cc(F)c(Cl)cc1Cl)Cn1ccnc1. The van der Waals surface area contributed by atoms with Crippen LogP contribution in [0.25, 0.3) is 0 Å². The molecule has 0 aliphatic carbocycles. The number of imidazole rings is 1. The number of halogens is 3. The maximum absolute atomic E-state index is 13.4. The molecule has 0 radical (unpaired) electrons. The number of hydrogen-bond acceptors (Lipinski definition) is 2. The quantitative estimate of drug-likeness (QED) is 0.854. The third-order valence-electron chi connectivity index (χ3n) is 2.95. The van der Waals surface area contributed by atoms with Crippen molar-refractivity contribution in [3.8, 4) is 0 Å².